The summed E-state index contributed by atoms with van der Waals surface area (Å²) in [4.78, 5) is 48.5. The van der Waals surface area contributed by atoms with Gasteiger partial charge in [-0.15, -0.1) is 0 Å². The second-order valence-corrected chi connectivity index (χ2v) is 7.68. The molecule has 5 unspecified atom stereocenters. The summed E-state index contributed by atoms with van der Waals surface area (Å²) in [6.45, 7) is 4.41. The number of phenolic OH excluding ortho intramolecular Hbond substituents is 1. The molecule has 8 N–H and O–H groups in total. The number of carbonyl (C=O) groups is 4. The highest BCUT2D eigenvalue weighted by molar-refractivity contribution is 5.92. The van der Waals surface area contributed by atoms with Crippen molar-refractivity contribution in [3.8, 4) is 5.75 Å². The third-order valence-corrected chi connectivity index (χ3v) is 5.05. The minimum atomic E-state index is -1.25. The van der Waals surface area contributed by atoms with E-state index in [-0.39, 0.29) is 18.1 Å². The Morgan fingerprint density at radius 1 is 1.03 bits per heavy atom. The van der Waals surface area contributed by atoms with Crippen LogP contribution >= 0.6 is 0 Å². The number of carbonyl (C=O) groups excluding carboxylic acids is 3. The number of aliphatic hydroxyl groups excluding tert-OH is 1. The SMILES string of the molecule is CCC(C)C(NC(=O)CNC(=O)C(N)C(C)O)C(=O)NC(Cc1ccc(O)cc1)C(=O)O. The van der Waals surface area contributed by atoms with E-state index < -0.39 is 54.5 Å². The van der Waals surface area contributed by atoms with Gasteiger partial charge in [0.25, 0.3) is 0 Å². The Bertz CT molecular complexity index is 798. The van der Waals surface area contributed by atoms with Crippen LogP contribution in [0.3, 0.4) is 0 Å². The number of carboxylic acid groups (broad SMARTS) is 1. The highest BCUT2D eigenvalue weighted by Crippen LogP contribution is 2.13. The van der Waals surface area contributed by atoms with Gasteiger partial charge in [-0.1, -0.05) is 32.4 Å². The highest BCUT2D eigenvalue weighted by atomic mass is 16.4. The first-order valence-electron chi connectivity index (χ1n) is 10.3. The van der Waals surface area contributed by atoms with E-state index in [1.54, 1.807) is 19.1 Å². The molecule has 1 aromatic carbocycles. The predicted octanol–water partition coefficient (Wildman–Crippen LogP) is -1.14. The summed E-state index contributed by atoms with van der Waals surface area (Å²) in [5.41, 5.74) is 6.09. The Labute approximate surface area is 186 Å². The Hall–Kier alpha value is -3.18. The Morgan fingerprint density at radius 2 is 1.62 bits per heavy atom. The van der Waals surface area contributed by atoms with Crippen molar-refractivity contribution in [3.05, 3.63) is 29.8 Å². The topological polar surface area (TPSA) is 191 Å². The van der Waals surface area contributed by atoms with E-state index in [9.17, 15) is 34.5 Å². The molecule has 0 aliphatic carbocycles. The molecular formula is C21H32N4O7. The van der Waals surface area contributed by atoms with Crippen LogP contribution in [-0.2, 0) is 25.6 Å². The molecule has 3 amide bonds. The molecule has 32 heavy (non-hydrogen) atoms. The van der Waals surface area contributed by atoms with Crippen LogP contribution in [0.15, 0.2) is 24.3 Å². The van der Waals surface area contributed by atoms with Gasteiger partial charge in [0, 0.05) is 6.42 Å². The molecule has 1 rings (SSSR count). The third-order valence-electron chi connectivity index (χ3n) is 5.05. The molecule has 5 atom stereocenters. The summed E-state index contributed by atoms with van der Waals surface area (Å²) in [6.07, 6.45) is -0.596. The molecule has 0 saturated heterocycles. The molecule has 0 fully saturated rings. The van der Waals surface area contributed by atoms with Crippen LogP contribution in [-0.4, -0.2) is 69.8 Å². The third kappa shape index (κ3) is 8.52. The number of nitrogens with two attached hydrogens (primary N) is 1. The summed E-state index contributed by atoms with van der Waals surface area (Å²) in [5, 5.41) is 35.4. The summed E-state index contributed by atoms with van der Waals surface area (Å²) in [5.74, 6) is -3.60. The van der Waals surface area contributed by atoms with Crippen molar-refractivity contribution >= 4 is 23.7 Å². The predicted molar refractivity (Wildman–Crippen MR) is 115 cm³/mol. The molecule has 0 heterocycles. The minimum absolute atomic E-state index is 0.0180. The summed E-state index contributed by atoms with van der Waals surface area (Å²) < 4.78 is 0. The largest absolute Gasteiger partial charge is 0.508 e. The van der Waals surface area contributed by atoms with Gasteiger partial charge in [0.2, 0.25) is 17.7 Å². The van der Waals surface area contributed by atoms with Crippen LogP contribution in [0.1, 0.15) is 32.8 Å². The van der Waals surface area contributed by atoms with E-state index in [0.717, 1.165) is 0 Å². The monoisotopic (exact) mass is 452 g/mol. The number of amides is 3. The lowest BCUT2D eigenvalue weighted by Crippen LogP contribution is -2.56. The molecule has 0 bridgehead atoms. The van der Waals surface area contributed by atoms with Crippen LogP contribution in [0.25, 0.3) is 0 Å². The zero-order valence-electron chi connectivity index (χ0n) is 18.4. The van der Waals surface area contributed by atoms with Gasteiger partial charge in [-0.2, -0.15) is 0 Å². The van der Waals surface area contributed by atoms with Crippen molar-refractivity contribution < 1.29 is 34.5 Å². The number of aliphatic carboxylic acids is 1. The first kappa shape index (κ1) is 26.9. The Morgan fingerprint density at radius 3 is 2.12 bits per heavy atom. The molecule has 11 heteroatoms. The summed E-state index contributed by atoms with van der Waals surface area (Å²) in [6, 6.07) is 2.44. The maximum Gasteiger partial charge on any atom is 0.326 e. The molecule has 0 radical (unpaired) electrons. The number of nitrogens with one attached hydrogen (secondary N) is 3. The maximum absolute atomic E-state index is 12.8. The number of phenols is 1. The van der Waals surface area contributed by atoms with E-state index in [4.69, 9.17) is 5.73 Å². The van der Waals surface area contributed by atoms with Gasteiger partial charge in [0.15, 0.2) is 0 Å². The summed E-state index contributed by atoms with van der Waals surface area (Å²) in [7, 11) is 0. The lowest BCUT2D eigenvalue weighted by atomic mass is 9.97. The van der Waals surface area contributed by atoms with Crippen molar-refractivity contribution in [1.82, 2.24) is 16.0 Å². The number of hydrogen-bond donors (Lipinski definition) is 7. The Balaban J connectivity index is 2.80. The first-order chi connectivity index (χ1) is 15.0. The zero-order valence-corrected chi connectivity index (χ0v) is 18.4. The number of rotatable bonds is 12. The second kappa shape index (κ2) is 12.6. The number of carboxylic acids is 1. The van der Waals surface area contributed by atoms with E-state index in [1.165, 1.54) is 19.1 Å². The minimum Gasteiger partial charge on any atom is -0.508 e. The molecule has 178 valence electrons. The van der Waals surface area contributed by atoms with E-state index in [1.807, 2.05) is 6.92 Å². The van der Waals surface area contributed by atoms with Crippen molar-refractivity contribution in [2.75, 3.05) is 6.54 Å². The second-order valence-electron chi connectivity index (χ2n) is 7.68. The fourth-order valence-electron chi connectivity index (χ4n) is 2.76. The van der Waals surface area contributed by atoms with Crippen LogP contribution in [0.5, 0.6) is 5.75 Å². The van der Waals surface area contributed by atoms with Crippen LogP contribution < -0.4 is 21.7 Å². The molecule has 11 nitrogen and oxygen atoms in total. The summed E-state index contributed by atoms with van der Waals surface area (Å²) >= 11 is 0. The first-order valence-corrected chi connectivity index (χ1v) is 10.3. The quantitative estimate of drug-likeness (QED) is 0.207. The van der Waals surface area contributed by atoms with Gasteiger partial charge in [-0.3, -0.25) is 14.4 Å². The van der Waals surface area contributed by atoms with Crippen LogP contribution in [0, 0.1) is 5.92 Å². The van der Waals surface area contributed by atoms with Crippen molar-refractivity contribution in [2.24, 2.45) is 11.7 Å². The smallest absolute Gasteiger partial charge is 0.326 e. The molecule has 0 spiro atoms. The number of hydrogen-bond acceptors (Lipinski definition) is 7. The van der Waals surface area contributed by atoms with Crippen molar-refractivity contribution in [2.45, 2.75) is 57.8 Å². The number of aromatic hydroxyl groups is 1. The van der Waals surface area contributed by atoms with Gasteiger partial charge in [0.05, 0.1) is 12.6 Å². The highest BCUT2D eigenvalue weighted by Gasteiger charge is 2.30. The van der Waals surface area contributed by atoms with Gasteiger partial charge in [-0.05, 0) is 30.5 Å². The molecule has 0 aliphatic heterocycles. The lowest BCUT2D eigenvalue weighted by Gasteiger charge is -2.25. The average Bonchev–Trinajstić information content (AvgIpc) is 2.75. The van der Waals surface area contributed by atoms with Gasteiger partial charge in [-0.25, -0.2) is 4.79 Å². The van der Waals surface area contributed by atoms with E-state index >= 15 is 0 Å². The van der Waals surface area contributed by atoms with Gasteiger partial charge in [0.1, 0.15) is 23.9 Å². The van der Waals surface area contributed by atoms with Gasteiger partial charge >= 0.3 is 5.97 Å². The normalized spacial score (nSPS) is 15.5. The standard InChI is InChI=1S/C21H32N4O7/c1-4-11(2)18(25-16(28)10-23-19(29)17(22)12(3)26)20(30)24-15(21(31)32)9-13-5-7-14(27)8-6-13/h5-8,11-12,15,17-18,26-27H,4,9-10,22H2,1-3H3,(H,23,29)(H,24,30)(H,25,28)(H,31,32). The van der Waals surface area contributed by atoms with Crippen LogP contribution in [0.4, 0.5) is 0 Å². The van der Waals surface area contributed by atoms with Gasteiger partial charge < -0.3 is 37.0 Å². The molecular weight excluding hydrogens is 420 g/mol. The molecule has 1 aromatic rings. The van der Waals surface area contributed by atoms with Crippen molar-refractivity contribution in [3.63, 3.8) is 0 Å². The molecule has 0 aliphatic rings. The number of aliphatic hydroxyl groups is 1. The molecule has 0 saturated carbocycles. The van der Waals surface area contributed by atoms with Crippen LogP contribution in [0.2, 0.25) is 0 Å². The van der Waals surface area contributed by atoms with E-state index in [0.29, 0.717) is 12.0 Å². The lowest BCUT2D eigenvalue weighted by molar-refractivity contribution is -0.142. The van der Waals surface area contributed by atoms with E-state index in [2.05, 4.69) is 16.0 Å². The number of benzene rings is 1. The maximum atomic E-state index is 12.8. The average molecular weight is 453 g/mol. The Kier molecular flexibility index (Phi) is 10.6. The fourth-order valence-corrected chi connectivity index (χ4v) is 2.76. The molecule has 0 aromatic heterocycles. The van der Waals surface area contributed by atoms with Crippen molar-refractivity contribution in [1.29, 1.82) is 0 Å². The fraction of sp³-hybridized carbons (Fsp3) is 0.524. The zero-order chi connectivity index (χ0) is 24.4.